The van der Waals surface area contributed by atoms with E-state index in [2.05, 4.69) is 31.0 Å². The zero-order valence-corrected chi connectivity index (χ0v) is 28.7. The summed E-state index contributed by atoms with van der Waals surface area (Å²) in [6.07, 6.45) is -1.98. The molecule has 2 fully saturated rings. The third kappa shape index (κ3) is 7.76. The molecule has 2 aliphatic rings. The summed E-state index contributed by atoms with van der Waals surface area (Å²) < 4.78 is 75.2. The second kappa shape index (κ2) is 14.2. The number of morpholine rings is 1. The third-order valence-electron chi connectivity index (χ3n) is 9.05. The van der Waals surface area contributed by atoms with E-state index in [0.717, 1.165) is 36.7 Å². The van der Waals surface area contributed by atoms with E-state index < -0.39 is 28.0 Å². The van der Waals surface area contributed by atoms with Crippen LogP contribution < -0.4 is 5.32 Å². The molecule has 0 unspecified atom stereocenters. The van der Waals surface area contributed by atoms with Crippen molar-refractivity contribution in [3.63, 3.8) is 0 Å². The lowest BCUT2D eigenvalue weighted by Crippen LogP contribution is -2.48. The maximum absolute atomic E-state index is 14.5. The van der Waals surface area contributed by atoms with Gasteiger partial charge in [-0.2, -0.15) is 13.2 Å². The van der Waals surface area contributed by atoms with Gasteiger partial charge in [0.15, 0.2) is 15.9 Å². The summed E-state index contributed by atoms with van der Waals surface area (Å²) in [7, 11) is -3.72. The summed E-state index contributed by atoms with van der Waals surface area (Å²) in [5.74, 6) is -0.964. The van der Waals surface area contributed by atoms with Crippen LogP contribution in [0.5, 0.6) is 0 Å². The molecule has 1 aromatic heterocycles. The number of pyridine rings is 1. The van der Waals surface area contributed by atoms with E-state index in [0.29, 0.717) is 54.7 Å². The van der Waals surface area contributed by atoms with Gasteiger partial charge in [0, 0.05) is 52.9 Å². The van der Waals surface area contributed by atoms with Crippen molar-refractivity contribution in [2.75, 3.05) is 45.6 Å². The smallest absolute Gasteiger partial charge is 0.379 e. The Morgan fingerprint density at radius 3 is 2.35 bits per heavy atom. The number of alkyl halides is 3. The SMILES string of the molecule is CS(=O)(=O)c1ccc2nc(-c3cccc(Br)c3)c(CN3CCC(N4CCOCC4)CC3)c(C(=O)N[C@H](c3ccccc3)C(F)(F)F)c2c1. The van der Waals surface area contributed by atoms with Crippen LogP contribution in [-0.2, 0) is 21.1 Å². The molecule has 2 saturated heterocycles. The number of fused-ring (bicyclic) bond motifs is 1. The van der Waals surface area contributed by atoms with Gasteiger partial charge >= 0.3 is 6.18 Å². The summed E-state index contributed by atoms with van der Waals surface area (Å²) in [4.78, 5) is 23.9. The van der Waals surface area contributed by atoms with Gasteiger partial charge in [-0.15, -0.1) is 0 Å². The van der Waals surface area contributed by atoms with Crippen LogP contribution in [-0.4, -0.2) is 87.0 Å². The monoisotopic (exact) mass is 744 g/mol. The van der Waals surface area contributed by atoms with E-state index in [9.17, 15) is 26.4 Å². The molecule has 0 radical (unpaired) electrons. The molecule has 0 saturated carbocycles. The molecule has 13 heteroatoms. The number of halogens is 4. The lowest BCUT2D eigenvalue weighted by molar-refractivity contribution is -0.155. The van der Waals surface area contributed by atoms with Crippen LogP contribution >= 0.6 is 15.9 Å². The molecule has 4 aromatic rings. The second-order valence-corrected chi connectivity index (χ2v) is 15.2. The number of likely N-dealkylation sites (tertiary alicyclic amines) is 1. The van der Waals surface area contributed by atoms with Crippen molar-refractivity contribution < 1.29 is 31.1 Å². The van der Waals surface area contributed by atoms with Crippen LogP contribution in [0.1, 0.15) is 40.4 Å². The molecule has 3 heterocycles. The Hall–Kier alpha value is -3.36. The summed E-state index contributed by atoms with van der Waals surface area (Å²) in [6.45, 7) is 4.80. The molecule has 2 aliphatic heterocycles. The number of carbonyl (C=O) groups excluding carboxylic acids is 1. The van der Waals surface area contributed by atoms with E-state index in [-0.39, 0.29) is 28.0 Å². The first-order valence-corrected chi connectivity index (χ1v) is 18.5. The Bertz CT molecular complexity index is 1900. The fourth-order valence-corrected chi connectivity index (χ4v) is 7.66. The Morgan fingerprint density at radius 1 is 1.00 bits per heavy atom. The van der Waals surface area contributed by atoms with Gasteiger partial charge in [-0.3, -0.25) is 14.6 Å². The maximum atomic E-state index is 14.5. The third-order valence-corrected chi connectivity index (χ3v) is 10.7. The molecule has 1 atom stereocenters. The largest absolute Gasteiger partial charge is 0.412 e. The fourth-order valence-electron chi connectivity index (χ4n) is 6.61. The molecular formula is C35H36BrF3N4O4S. The normalized spacial score (nSPS) is 17.8. The van der Waals surface area contributed by atoms with Crippen molar-refractivity contribution in [1.29, 1.82) is 0 Å². The van der Waals surface area contributed by atoms with Gasteiger partial charge in [0.25, 0.3) is 5.91 Å². The highest BCUT2D eigenvalue weighted by Crippen LogP contribution is 2.37. The quantitative estimate of drug-likeness (QED) is 0.224. The summed E-state index contributed by atoms with van der Waals surface area (Å²) >= 11 is 3.51. The highest BCUT2D eigenvalue weighted by Gasteiger charge is 2.42. The standard InChI is InChI=1S/C35H36BrF3N4O4S/c1-48(45,46)27-10-11-30-28(21-27)31(34(44)41-33(35(37,38)39)23-6-3-2-4-7-23)29(32(40-30)24-8-5-9-25(36)20-24)22-42-14-12-26(13-15-42)43-16-18-47-19-17-43/h2-11,20-21,26,33H,12-19,22H2,1H3,(H,41,44)/t33-/m1/s1. The van der Waals surface area contributed by atoms with Gasteiger partial charge in [-0.1, -0.05) is 58.4 Å². The van der Waals surface area contributed by atoms with Gasteiger partial charge in [0.05, 0.1) is 34.9 Å². The average molecular weight is 746 g/mol. The van der Waals surface area contributed by atoms with E-state index >= 15 is 0 Å². The predicted molar refractivity (Wildman–Crippen MR) is 181 cm³/mol. The lowest BCUT2D eigenvalue weighted by atomic mass is 9.94. The first-order chi connectivity index (χ1) is 22.9. The molecule has 0 aliphatic carbocycles. The molecule has 1 amide bonds. The van der Waals surface area contributed by atoms with Crippen LogP contribution in [0.25, 0.3) is 22.2 Å². The van der Waals surface area contributed by atoms with Crippen molar-refractivity contribution in [2.45, 2.75) is 42.5 Å². The molecule has 8 nitrogen and oxygen atoms in total. The van der Waals surface area contributed by atoms with E-state index in [4.69, 9.17) is 9.72 Å². The molecule has 6 rings (SSSR count). The number of aromatic nitrogens is 1. The number of amides is 1. The van der Waals surface area contributed by atoms with Gasteiger partial charge in [-0.05, 0) is 61.8 Å². The van der Waals surface area contributed by atoms with Crippen molar-refractivity contribution in [3.05, 3.63) is 94.0 Å². The number of sulfone groups is 1. The Morgan fingerprint density at radius 2 is 1.71 bits per heavy atom. The second-order valence-electron chi connectivity index (χ2n) is 12.3. The first kappa shape index (κ1) is 34.5. The maximum Gasteiger partial charge on any atom is 0.412 e. The fraction of sp³-hybridized carbons (Fsp3) is 0.371. The molecule has 1 N–H and O–H groups in total. The number of hydrogen-bond donors (Lipinski definition) is 1. The van der Waals surface area contributed by atoms with Gasteiger partial charge in [0.1, 0.15) is 0 Å². The average Bonchev–Trinajstić information content (AvgIpc) is 3.06. The van der Waals surface area contributed by atoms with Crippen molar-refractivity contribution in [1.82, 2.24) is 20.1 Å². The number of nitrogens with one attached hydrogen (secondary N) is 1. The van der Waals surface area contributed by atoms with E-state index in [1.807, 2.05) is 24.3 Å². The molecule has 48 heavy (non-hydrogen) atoms. The van der Waals surface area contributed by atoms with Gasteiger partial charge in [0.2, 0.25) is 0 Å². The van der Waals surface area contributed by atoms with Crippen LogP contribution in [0.2, 0.25) is 0 Å². The molecule has 0 bridgehead atoms. The summed E-state index contributed by atoms with van der Waals surface area (Å²) in [6, 6.07) is 16.9. The van der Waals surface area contributed by atoms with Gasteiger partial charge in [-0.25, -0.2) is 13.4 Å². The number of carbonyl (C=O) groups is 1. The van der Waals surface area contributed by atoms with E-state index in [1.165, 1.54) is 42.5 Å². The highest BCUT2D eigenvalue weighted by atomic mass is 79.9. The summed E-state index contributed by atoms with van der Waals surface area (Å²) in [5, 5.41) is 2.44. The zero-order valence-electron chi connectivity index (χ0n) is 26.3. The Balaban J connectivity index is 1.49. The minimum atomic E-state index is -4.80. The number of hydrogen-bond acceptors (Lipinski definition) is 7. The number of nitrogens with zero attached hydrogens (tertiary/aromatic N) is 3. The van der Waals surface area contributed by atoms with Crippen molar-refractivity contribution in [3.8, 4) is 11.3 Å². The minimum absolute atomic E-state index is 0.0269. The Kier molecular flexibility index (Phi) is 10.2. The molecule has 254 valence electrons. The number of benzene rings is 3. The molecular weight excluding hydrogens is 709 g/mol. The summed E-state index contributed by atoms with van der Waals surface area (Å²) in [5.41, 5.74) is 1.69. The minimum Gasteiger partial charge on any atom is -0.379 e. The molecule has 3 aromatic carbocycles. The number of ether oxygens (including phenoxy) is 1. The highest BCUT2D eigenvalue weighted by molar-refractivity contribution is 9.10. The van der Waals surface area contributed by atoms with Crippen LogP contribution in [0.15, 0.2) is 82.2 Å². The van der Waals surface area contributed by atoms with Crippen LogP contribution in [0.4, 0.5) is 13.2 Å². The van der Waals surface area contributed by atoms with Crippen molar-refractivity contribution >= 4 is 42.6 Å². The number of rotatable bonds is 8. The zero-order chi connectivity index (χ0) is 34.1. The van der Waals surface area contributed by atoms with Crippen LogP contribution in [0.3, 0.4) is 0 Å². The topological polar surface area (TPSA) is 91.8 Å². The first-order valence-electron chi connectivity index (χ1n) is 15.8. The van der Waals surface area contributed by atoms with Crippen molar-refractivity contribution in [2.24, 2.45) is 0 Å². The molecule has 0 spiro atoms. The number of piperidine rings is 1. The predicted octanol–water partition coefficient (Wildman–Crippen LogP) is 6.40. The lowest BCUT2D eigenvalue weighted by Gasteiger charge is -2.40. The van der Waals surface area contributed by atoms with E-state index in [1.54, 1.807) is 6.07 Å². The Labute approximate surface area is 286 Å². The van der Waals surface area contributed by atoms with Crippen LogP contribution in [0, 0.1) is 0 Å². The van der Waals surface area contributed by atoms with Gasteiger partial charge < -0.3 is 10.1 Å².